The molecular formula is C20H30N4O6. The Hall–Kier alpha value is -2.88. The summed E-state index contributed by atoms with van der Waals surface area (Å²) in [4.78, 5) is 51.0. The summed E-state index contributed by atoms with van der Waals surface area (Å²) >= 11 is 0. The Morgan fingerprint density at radius 3 is 2.63 bits per heavy atom. The fraction of sp³-hybridized carbons (Fsp3) is 0.600. The predicted octanol–water partition coefficient (Wildman–Crippen LogP) is 0.0316. The molecule has 0 spiro atoms. The third-order valence-electron chi connectivity index (χ3n) is 4.91. The second kappa shape index (κ2) is 10.8. The molecule has 4 N–H and O–H groups in total. The van der Waals surface area contributed by atoms with Crippen molar-refractivity contribution in [2.45, 2.75) is 51.2 Å². The lowest BCUT2D eigenvalue weighted by atomic mass is 9.95. The van der Waals surface area contributed by atoms with Crippen LogP contribution in [0.1, 0.15) is 43.7 Å². The van der Waals surface area contributed by atoms with E-state index in [0.717, 1.165) is 0 Å². The van der Waals surface area contributed by atoms with Crippen LogP contribution in [0.25, 0.3) is 0 Å². The van der Waals surface area contributed by atoms with Crippen molar-refractivity contribution in [3.8, 4) is 0 Å². The van der Waals surface area contributed by atoms with E-state index in [-0.39, 0.29) is 43.2 Å². The molecule has 1 aliphatic heterocycles. The molecule has 10 heteroatoms. The number of piperidine rings is 1. The molecule has 1 aromatic rings. The quantitative estimate of drug-likeness (QED) is 0.512. The van der Waals surface area contributed by atoms with Crippen molar-refractivity contribution in [3.05, 3.63) is 24.2 Å². The number of furan rings is 1. The van der Waals surface area contributed by atoms with Crippen molar-refractivity contribution < 1.29 is 28.3 Å². The molecule has 10 nitrogen and oxygen atoms in total. The van der Waals surface area contributed by atoms with E-state index >= 15 is 0 Å². The Balaban J connectivity index is 2.18. The third kappa shape index (κ3) is 6.31. The standard InChI is InChI=1S/C20H30N4O6/c1-12(2)9-14(18(21)26)23-19(27)15-10-13(22-17(25)11-29-3)6-7-24(15)20(28)16-5-4-8-30-16/h4-5,8,12-15H,6-7,9-11H2,1-3H3,(H2,21,26)(H,22,25)(H,23,27)/t13-,14+,15-/m0/s1. The minimum atomic E-state index is -0.891. The molecule has 0 aromatic carbocycles. The Bertz CT molecular complexity index is 748. The second-order valence-corrected chi connectivity index (χ2v) is 7.81. The van der Waals surface area contributed by atoms with Crippen molar-refractivity contribution in [2.75, 3.05) is 20.3 Å². The van der Waals surface area contributed by atoms with Crippen molar-refractivity contribution in [3.63, 3.8) is 0 Å². The van der Waals surface area contributed by atoms with E-state index in [0.29, 0.717) is 12.8 Å². The van der Waals surface area contributed by atoms with Gasteiger partial charge in [0.2, 0.25) is 17.7 Å². The molecule has 0 bridgehead atoms. The number of hydrogen-bond donors (Lipinski definition) is 3. The molecule has 1 fully saturated rings. The van der Waals surface area contributed by atoms with Gasteiger partial charge in [-0.05, 0) is 37.3 Å². The van der Waals surface area contributed by atoms with Crippen molar-refractivity contribution in [2.24, 2.45) is 11.7 Å². The van der Waals surface area contributed by atoms with Crippen molar-refractivity contribution >= 4 is 23.6 Å². The van der Waals surface area contributed by atoms with Gasteiger partial charge in [-0.2, -0.15) is 0 Å². The largest absolute Gasteiger partial charge is 0.459 e. The van der Waals surface area contributed by atoms with Crippen molar-refractivity contribution in [1.29, 1.82) is 0 Å². The number of nitrogens with one attached hydrogen (secondary N) is 2. The molecule has 2 heterocycles. The highest BCUT2D eigenvalue weighted by molar-refractivity contribution is 5.97. The first kappa shape index (κ1) is 23.4. The fourth-order valence-electron chi connectivity index (χ4n) is 3.52. The molecule has 0 unspecified atom stereocenters. The normalized spacial score (nSPS) is 19.9. The number of ether oxygens (including phenoxy) is 1. The van der Waals surface area contributed by atoms with Crippen LogP contribution in [0, 0.1) is 5.92 Å². The highest BCUT2D eigenvalue weighted by Crippen LogP contribution is 2.21. The van der Waals surface area contributed by atoms with Gasteiger partial charge in [-0.25, -0.2) is 0 Å². The zero-order chi connectivity index (χ0) is 22.3. The van der Waals surface area contributed by atoms with Crippen LogP contribution in [-0.4, -0.2) is 66.9 Å². The lowest BCUT2D eigenvalue weighted by molar-refractivity contribution is -0.132. The number of nitrogens with zero attached hydrogens (tertiary/aromatic N) is 1. The maximum Gasteiger partial charge on any atom is 0.290 e. The number of primary amides is 1. The van der Waals surface area contributed by atoms with Gasteiger partial charge in [-0.15, -0.1) is 0 Å². The van der Waals surface area contributed by atoms with Crippen LogP contribution in [0.5, 0.6) is 0 Å². The van der Waals surface area contributed by atoms with E-state index in [1.54, 1.807) is 6.07 Å². The van der Waals surface area contributed by atoms with Gasteiger partial charge in [0.1, 0.15) is 18.7 Å². The molecule has 1 aliphatic rings. The first-order valence-electron chi connectivity index (χ1n) is 9.95. The van der Waals surface area contributed by atoms with Crippen LogP contribution in [0.15, 0.2) is 22.8 Å². The number of amides is 4. The first-order chi connectivity index (χ1) is 14.2. The zero-order valence-electron chi connectivity index (χ0n) is 17.6. The average Bonchev–Trinajstić information content (AvgIpc) is 3.21. The number of likely N-dealkylation sites (tertiary alicyclic amines) is 1. The SMILES string of the molecule is COCC(=O)N[C@H]1CCN(C(=O)c2ccco2)[C@H](C(=O)N[C@H](CC(C)C)C(N)=O)C1. The lowest BCUT2D eigenvalue weighted by Gasteiger charge is -2.38. The molecule has 0 saturated carbocycles. The molecule has 0 radical (unpaired) electrons. The van der Waals surface area contributed by atoms with Crippen LogP contribution in [0.3, 0.4) is 0 Å². The number of rotatable bonds is 9. The highest BCUT2D eigenvalue weighted by Gasteiger charge is 2.39. The maximum absolute atomic E-state index is 13.1. The zero-order valence-corrected chi connectivity index (χ0v) is 17.6. The minimum Gasteiger partial charge on any atom is -0.459 e. The Morgan fingerprint density at radius 2 is 2.07 bits per heavy atom. The number of methoxy groups -OCH3 is 1. The highest BCUT2D eigenvalue weighted by atomic mass is 16.5. The Morgan fingerprint density at radius 1 is 1.33 bits per heavy atom. The number of carbonyl (C=O) groups is 4. The molecule has 1 aromatic heterocycles. The summed E-state index contributed by atoms with van der Waals surface area (Å²) in [7, 11) is 1.42. The topological polar surface area (TPSA) is 144 Å². The average molecular weight is 422 g/mol. The number of nitrogens with two attached hydrogens (primary N) is 1. The summed E-state index contributed by atoms with van der Waals surface area (Å²) < 4.78 is 10.0. The molecule has 0 aliphatic carbocycles. The van der Waals surface area contributed by atoms with Gasteiger partial charge in [0.25, 0.3) is 5.91 Å². The van der Waals surface area contributed by atoms with E-state index in [2.05, 4.69) is 10.6 Å². The van der Waals surface area contributed by atoms with Gasteiger partial charge in [-0.3, -0.25) is 19.2 Å². The van der Waals surface area contributed by atoms with Crippen LogP contribution < -0.4 is 16.4 Å². The van der Waals surface area contributed by atoms with Gasteiger partial charge >= 0.3 is 0 Å². The van der Waals surface area contributed by atoms with Crippen LogP contribution >= 0.6 is 0 Å². The summed E-state index contributed by atoms with van der Waals surface area (Å²) in [6.07, 6.45) is 2.43. The molecule has 3 atom stereocenters. The minimum absolute atomic E-state index is 0.0967. The smallest absolute Gasteiger partial charge is 0.290 e. The van der Waals surface area contributed by atoms with Gasteiger partial charge in [0, 0.05) is 19.7 Å². The predicted molar refractivity (Wildman–Crippen MR) is 107 cm³/mol. The Labute approximate surface area is 175 Å². The van der Waals surface area contributed by atoms with E-state index in [1.807, 2.05) is 13.8 Å². The second-order valence-electron chi connectivity index (χ2n) is 7.81. The molecule has 4 amide bonds. The number of carbonyl (C=O) groups excluding carboxylic acids is 4. The van der Waals surface area contributed by atoms with Crippen LogP contribution in [-0.2, 0) is 19.1 Å². The number of hydrogen-bond acceptors (Lipinski definition) is 6. The third-order valence-corrected chi connectivity index (χ3v) is 4.91. The van der Waals surface area contributed by atoms with E-state index in [1.165, 1.54) is 24.3 Å². The van der Waals surface area contributed by atoms with Gasteiger partial charge < -0.3 is 30.4 Å². The van der Waals surface area contributed by atoms with Crippen LogP contribution in [0.4, 0.5) is 0 Å². The molecule has 166 valence electrons. The lowest BCUT2D eigenvalue weighted by Crippen LogP contribution is -2.59. The molecule has 2 rings (SSSR count). The summed E-state index contributed by atoms with van der Waals surface area (Å²) in [5.41, 5.74) is 5.44. The molecular weight excluding hydrogens is 392 g/mol. The van der Waals surface area contributed by atoms with E-state index in [9.17, 15) is 19.2 Å². The summed E-state index contributed by atoms with van der Waals surface area (Å²) in [5, 5.41) is 5.48. The fourth-order valence-corrected chi connectivity index (χ4v) is 3.52. The molecule has 1 saturated heterocycles. The molecule has 30 heavy (non-hydrogen) atoms. The Kier molecular flexibility index (Phi) is 8.40. The summed E-state index contributed by atoms with van der Waals surface area (Å²) in [6, 6.07) is 1.06. The van der Waals surface area contributed by atoms with Gasteiger partial charge in [0.05, 0.1) is 6.26 Å². The summed E-state index contributed by atoms with van der Waals surface area (Å²) in [5.74, 6) is -1.62. The summed E-state index contributed by atoms with van der Waals surface area (Å²) in [6.45, 7) is 3.97. The van der Waals surface area contributed by atoms with Gasteiger partial charge in [-0.1, -0.05) is 13.8 Å². The monoisotopic (exact) mass is 422 g/mol. The van der Waals surface area contributed by atoms with Gasteiger partial charge in [0.15, 0.2) is 5.76 Å². The van der Waals surface area contributed by atoms with Crippen LogP contribution in [0.2, 0.25) is 0 Å². The maximum atomic E-state index is 13.1. The first-order valence-corrected chi connectivity index (χ1v) is 9.95. The van der Waals surface area contributed by atoms with Crippen molar-refractivity contribution in [1.82, 2.24) is 15.5 Å². The van der Waals surface area contributed by atoms with E-state index in [4.69, 9.17) is 14.9 Å². The van der Waals surface area contributed by atoms with E-state index < -0.39 is 29.8 Å².